The molecule has 1 aliphatic heterocycles. The van der Waals surface area contributed by atoms with Crippen molar-refractivity contribution in [1.29, 1.82) is 0 Å². The first-order chi connectivity index (χ1) is 8.13. The predicted octanol–water partition coefficient (Wildman–Crippen LogP) is 1.32. The summed E-state index contributed by atoms with van der Waals surface area (Å²) in [4.78, 5) is 15.8. The minimum atomic E-state index is -2.73. The number of pyridine rings is 1. The van der Waals surface area contributed by atoms with E-state index in [4.69, 9.17) is 0 Å². The Morgan fingerprint density at radius 2 is 2.18 bits per heavy atom. The number of hydrogen-bond acceptors (Lipinski definition) is 3. The third kappa shape index (κ3) is 2.69. The Morgan fingerprint density at radius 3 is 2.82 bits per heavy atom. The van der Waals surface area contributed by atoms with E-state index in [9.17, 15) is 13.6 Å². The molecule has 0 aliphatic carbocycles. The minimum Gasteiger partial charge on any atom is -0.339 e. The molecular formula is C11H12BF2N2O. The topological polar surface area (TPSA) is 33.2 Å². The Kier molecular flexibility index (Phi) is 3.52. The van der Waals surface area contributed by atoms with E-state index in [2.05, 4.69) is 4.98 Å². The zero-order valence-corrected chi connectivity index (χ0v) is 9.22. The SMILES string of the molecule is O=C[B]N1CCC(F)(F)C(c2ccncc2)C1. The molecule has 1 atom stereocenters. The zero-order valence-electron chi connectivity index (χ0n) is 9.22. The van der Waals surface area contributed by atoms with Crippen molar-refractivity contribution in [3.05, 3.63) is 30.1 Å². The molecule has 2 rings (SSSR count). The maximum Gasteiger partial charge on any atom is 0.293 e. The van der Waals surface area contributed by atoms with E-state index in [1.165, 1.54) is 19.8 Å². The van der Waals surface area contributed by atoms with Crippen LogP contribution >= 0.6 is 0 Å². The lowest BCUT2D eigenvalue weighted by Crippen LogP contribution is -2.47. The summed E-state index contributed by atoms with van der Waals surface area (Å²) in [7, 11) is 1.32. The molecule has 0 bridgehead atoms. The van der Waals surface area contributed by atoms with E-state index in [0.29, 0.717) is 11.7 Å². The summed E-state index contributed by atoms with van der Waals surface area (Å²) in [6.07, 6.45) is 3.42. The zero-order chi connectivity index (χ0) is 12.3. The molecule has 0 N–H and O–H groups in total. The lowest BCUT2D eigenvalue weighted by Gasteiger charge is -2.37. The van der Waals surface area contributed by atoms with Crippen LogP contribution in [-0.4, -0.2) is 42.4 Å². The average Bonchev–Trinajstić information content (AvgIpc) is 2.33. The number of halogens is 2. The van der Waals surface area contributed by atoms with Gasteiger partial charge in [-0.1, -0.05) is 0 Å². The van der Waals surface area contributed by atoms with E-state index in [1.807, 2.05) is 0 Å². The Bertz CT molecular complexity index is 388. The van der Waals surface area contributed by atoms with Crippen molar-refractivity contribution in [3.63, 3.8) is 0 Å². The van der Waals surface area contributed by atoms with Crippen LogP contribution in [0, 0.1) is 0 Å². The van der Waals surface area contributed by atoms with Gasteiger partial charge in [-0.2, -0.15) is 0 Å². The lowest BCUT2D eigenvalue weighted by atomic mass is 9.82. The molecule has 6 heteroatoms. The first-order valence-electron chi connectivity index (χ1n) is 5.44. The number of carbonyl (C=O) groups excluding carboxylic acids is 1. The average molecular weight is 237 g/mol. The van der Waals surface area contributed by atoms with Crippen molar-refractivity contribution < 1.29 is 13.6 Å². The molecule has 2 heterocycles. The summed E-state index contributed by atoms with van der Waals surface area (Å²) < 4.78 is 27.6. The van der Waals surface area contributed by atoms with Gasteiger partial charge in [0.05, 0.1) is 12.1 Å². The second kappa shape index (κ2) is 4.92. The summed E-state index contributed by atoms with van der Waals surface area (Å²) in [5.74, 6) is -3.61. The Hall–Kier alpha value is -1.30. The Morgan fingerprint density at radius 1 is 1.47 bits per heavy atom. The molecule has 1 unspecified atom stereocenters. The number of aromatic nitrogens is 1. The van der Waals surface area contributed by atoms with Gasteiger partial charge in [0, 0.05) is 18.8 Å². The normalized spacial score (nSPS) is 24.2. The fourth-order valence-electron chi connectivity index (χ4n) is 2.09. The smallest absolute Gasteiger partial charge is 0.293 e. The van der Waals surface area contributed by atoms with E-state index in [-0.39, 0.29) is 19.5 Å². The third-order valence-electron chi connectivity index (χ3n) is 3.04. The van der Waals surface area contributed by atoms with Gasteiger partial charge in [-0.25, -0.2) is 8.78 Å². The quantitative estimate of drug-likeness (QED) is 0.587. The number of piperidine rings is 1. The molecule has 1 aliphatic rings. The highest BCUT2D eigenvalue weighted by atomic mass is 19.3. The highest BCUT2D eigenvalue weighted by molar-refractivity contribution is 6.64. The Balaban J connectivity index is 2.19. The van der Waals surface area contributed by atoms with E-state index < -0.39 is 11.8 Å². The van der Waals surface area contributed by atoms with Crippen LogP contribution in [0.15, 0.2) is 24.5 Å². The molecule has 1 fully saturated rings. The number of rotatable bonds is 3. The second-order valence-corrected chi connectivity index (χ2v) is 4.12. The van der Waals surface area contributed by atoms with Crippen LogP contribution in [0.1, 0.15) is 17.9 Å². The number of nitrogens with zero attached hydrogens (tertiary/aromatic N) is 2. The molecule has 1 aromatic rings. The molecule has 0 saturated carbocycles. The lowest BCUT2D eigenvalue weighted by molar-refractivity contribution is -0.0624. The molecule has 89 valence electrons. The maximum absolute atomic E-state index is 13.8. The molecule has 1 radical (unpaired) electrons. The number of alkyl halides is 2. The maximum atomic E-state index is 13.8. The van der Waals surface area contributed by atoms with Gasteiger partial charge in [-0.3, -0.25) is 4.98 Å². The minimum absolute atomic E-state index is 0.162. The summed E-state index contributed by atoms with van der Waals surface area (Å²) in [5, 5.41) is 0. The van der Waals surface area contributed by atoms with Crippen molar-refractivity contribution in [2.24, 2.45) is 0 Å². The van der Waals surface area contributed by atoms with Gasteiger partial charge in [0.1, 0.15) is 0 Å². The van der Waals surface area contributed by atoms with Crippen LogP contribution in [0.5, 0.6) is 0 Å². The predicted molar refractivity (Wildman–Crippen MR) is 60.6 cm³/mol. The monoisotopic (exact) mass is 237 g/mol. The Labute approximate surface area is 99.1 Å². The van der Waals surface area contributed by atoms with Gasteiger partial charge in [-0.05, 0) is 30.8 Å². The summed E-state index contributed by atoms with van der Waals surface area (Å²) >= 11 is 0. The molecule has 17 heavy (non-hydrogen) atoms. The molecule has 3 nitrogen and oxygen atoms in total. The van der Waals surface area contributed by atoms with Crippen LogP contribution in [0.4, 0.5) is 8.78 Å². The van der Waals surface area contributed by atoms with Gasteiger partial charge < -0.3 is 9.61 Å². The van der Waals surface area contributed by atoms with Crippen LogP contribution in [-0.2, 0) is 4.79 Å². The second-order valence-electron chi connectivity index (χ2n) is 4.12. The molecular weight excluding hydrogens is 225 g/mol. The van der Waals surface area contributed by atoms with Crippen LogP contribution in [0.3, 0.4) is 0 Å². The first kappa shape index (κ1) is 12.2. The number of carbonyl (C=O) groups is 1. The van der Waals surface area contributed by atoms with E-state index in [0.717, 1.165) is 0 Å². The molecule has 0 spiro atoms. The van der Waals surface area contributed by atoms with E-state index in [1.54, 1.807) is 16.9 Å². The van der Waals surface area contributed by atoms with Gasteiger partial charge >= 0.3 is 0 Å². The highest BCUT2D eigenvalue weighted by Crippen LogP contribution is 2.39. The fraction of sp³-hybridized carbons (Fsp3) is 0.455. The van der Waals surface area contributed by atoms with Gasteiger partial charge in [-0.15, -0.1) is 0 Å². The molecule has 0 amide bonds. The third-order valence-corrected chi connectivity index (χ3v) is 3.04. The van der Waals surface area contributed by atoms with Crippen LogP contribution < -0.4 is 0 Å². The van der Waals surface area contributed by atoms with Crippen molar-refractivity contribution in [2.75, 3.05) is 13.1 Å². The van der Waals surface area contributed by atoms with Crippen LogP contribution in [0.2, 0.25) is 0 Å². The van der Waals surface area contributed by atoms with Gasteiger partial charge in [0.2, 0.25) is 0 Å². The summed E-state index contributed by atoms with van der Waals surface area (Å²) in [6.45, 7) is 0.378. The van der Waals surface area contributed by atoms with Gasteiger partial charge in [0.25, 0.3) is 13.3 Å². The largest absolute Gasteiger partial charge is 0.339 e. The molecule has 0 aromatic carbocycles. The number of hydrogen-bond donors (Lipinski definition) is 0. The van der Waals surface area contributed by atoms with E-state index >= 15 is 0 Å². The molecule has 1 saturated heterocycles. The standard InChI is InChI=1S/C11H12BF2N2O/c13-11(14)3-6-16(12-8-17)7-10(11)9-1-4-15-5-2-9/h1-2,4-5,8,10H,3,6-7H2. The fourth-order valence-corrected chi connectivity index (χ4v) is 2.09. The van der Waals surface area contributed by atoms with Crippen molar-refractivity contribution in [1.82, 2.24) is 9.79 Å². The van der Waals surface area contributed by atoms with Crippen molar-refractivity contribution in [2.45, 2.75) is 18.3 Å². The van der Waals surface area contributed by atoms with Crippen LogP contribution in [0.25, 0.3) is 0 Å². The summed E-state index contributed by atoms with van der Waals surface area (Å²) in [6, 6.07) is 3.20. The van der Waals surface area contributed by atoms with Crippen molar-refractivity contribution in [3.8, 4) is 0 Å². The first-order valence-corrected chi connectivity index (χ1v) is 5.44. The molecule has 1 aromatic heterocycles. The van der Waals surface area contributed by atoms with Gasteiger partial charge in [0.15, 0.2) is 0 Å². The summed E-state index contributed by atoms with van der Waals surface area (Å²) in [5.41, 5.74) is 0.564. The van der Waals surface area contributed by atoms with Crippen molar-refractivity contribution >= 4 is 13.6 Å². The highest BCUT2D eigenvalue weighted by Gasteiger charge is 2.44.